The highest BCUT2D eigenvalue weighted by molar-refractivity contribution is 14.1. The Morgan fingerprint density at radius 1 is 1.43 bits per heavy atom. The highest BCUT2D eigenvalue weighted by Crippen LogP contribution is 2.23. The molecule has 0 unspecified atom stereocenters. The summed E-state index contributed by atoms with van der Waals surface area (Å²) < 4.78 is 6.16. The number of benzene rings is 1. The minimum absolute atomic E-state index is 0.378. The van der Waals surface area contributed by atoms with E-state index in [9.17, 15) is 4.79 Å². The molecule has 0 radical (unpaired) electrons. The van der Waals surface area contributed by atoms with Crippen molar-refractivity contribution in [2.75, 3.05) is 7.11 Å². The van der Waals surface area contributed by atoms with Gasteiger partial charge in [0.1, 0.15) is 6.07 Å². The summed E-state index contributed by atoms with van der Waals surface area (Å²) in [5.74, 6) is -0.378. The van der Waals surface area contributed by atoms with Gasteiger partial charge in [0.05, 0.1) is 18.2 Å². The minimum atomic E-state index is -0.378. The lowest BCUT2D eigenvalue weighted by Crippen LogP contribution is -2.05. The summed E-state index contributed by atoms with van der Waals surface area (Å²) in [6.07, 6.45) is 0. The number of carbonyl (C=O) groups is 1. The first kappa shape index (κ1) is 11.7. The van der Waals surface area contributed by atoms with E-state index in [1.165, 1.54) is 7.11 Å². The van der Waals surface area contributed by atoms with Crippen LogP contribution in [0.1, 0.15) is 15.9 Å². The third-order valence-corrected chi connectivity index (χ3v) is 4.88. The molecule has 72 valence electrons. The average molecular weight is 413 g/mol. The molecule has 3 nitrogen and oxygen atoms in total. The molecule has 5 heteroatoms. The standard InChI is InChI=1S/C9H5I2NO2/c1-14-9(13)6-3-2-5(4-12)7(10)8(6)11/h2-3H,1H3. The van der Waals surface area contributed by atoms with Gasteiger partial charge in [-0.15, -0.1) is 0 Å². The maximum atomic E-state index is 11.3. The first-order chi connectivity index (χ1) is 6.61. The van der Waals surface area contributed by atoms with E-state index in [-0.39, 0.29) is 5.97 Å². The van der Waals surface area contributed by atoms with Crippen LogP contribution in [0, 0.1) is 18.5 Å². The van der Waals surface area contributed by atoms with E-state index >= 15 is 0 Å². The van der Waals surface area contributed by atoms with Gasteiger partial charge in [-0.2, -0.15) is 5.26 Å². The highest BCUT2D eigenvalue weighted by atomic mass is 127. The minimum Gasteiger partial charge on any atom is -0.465 e. The molecule has 1 rings (SSSR count). The molecule has 0 bridgehead atoms. The zero-order valence-corrected chi connectivity index (χ0v) is 11.5. The Labute approximate surface area is 109 Å². The van der Waals surface area contributed by atoms with Gasteiger partial charge in [-0.1, -0.05) is 0 Å². The summed E-state index contributed by atoms with van der Waals surface area (Å²) in [4.78, 5) is 11.3. The van der Waals surface area contributed by atoms with Crippen molar-refractivity contribution in [3.8, 4) is 6.07 Å². The fraction of sp³-hybridized carbons (Fsp3) is 0.111. The van der Waals surface area contributed by atoms with Crippen molar-refractivity contribution in [3.63, 3.8) is 0 Å². The van der Waals surface area contributed by atoms with E-state index in [0.29, 0.717) is 11.1 Å². The number of carbonyl (C=O) groups excluding carboxylic acids is 1. The van der Waals surface area contributed by atoms with Crippen LogP contribution in [-0.4, -0.2) is 13.1 Å². The lowest BCUT2D eigenvalue weighted by Gasteiger charge is -2.05. The third kappa shape index (κ3) is 2.17. The summed E-state index contributed by atoms with van der Waals surface area (Å²) in [7, 11) is 1.34. The lowest BCUT2D eigenvalue weighted by atomic mass is 10.1. The van der Waals surface area contributed by atoms with Crippen LogP contribution >= 0.6 is 45.2 Å². The van der Waals surface area contributed by atoms with E-state index < -0.39 is 0 Å². The van der Waals surface area contributed by atoms with Gasteiger partial charge in [0.15, 0.2) is 0 Å². The molecule has 0 saturated heterocycles. The van der Waals surface area contributed by atoms with Crippen LogP contribution in [0.5, 0.6) is 0 Å². The van der Waals surface area contributed by atoms with Crippen LogP contribution in [0.3, 0.4) is 0 Å². The van der Waals surface area contributed by atoms with Gasteiger partial charge in [0.2, 0.25) is 0 Å². The number of methoxy groups -OCH3 is 1. The predicted octanol–water partition coefficient (Wildman–Crippen LogP) is 2.55. The van der Waals surface area contributed by atoms with E-state index in [2.05, 4.69) is 10.8 Å². The van der Waals surface area contributed by atoms with Gasteiger partial charge in [-0.05, 0) is 57.3 Å². The van der Waals surface area contributed by atoms with Crippen molar-refractivity contribution in [2.45, 2.75) is 0 Å². The predicted molar refractivity (Wildman–Crippen MR) is 67.9 cm³/mol. The number of hydrogen-bond donors (Lipinski definition) is 0. The Bertz CT molecular complexity index is 424. The second kappa shape index (κ2) is 4.93. The Morgan fingerprint density at radius 3 is 2.57 bits per heavy atom. The van der Waals surface area contributed by atoms with Crippen LogP contribution in [0.15, 0.2) is 12.1 Å². The number of esters is 1. The molecule has 0 aliphatic rings. The van der Waals surface area contributed by atoms with E-state index in [1.807, 2.05) is 45.2 Å². The number of hydrogen-bond acceptors (Lipinski definition) is 3. The number of ether oxygens (including phenoxy) is 1. The third-order valence-electron chi connectivity index (χ3n) is 1.61. The largest absolute Gasteiger partial charge is 0.465 e. The SMILES string of the molecule is COC(=O)c1ccc(C#N)c(I)c1I. The van der Waals surface area contributed by atoms with Gasteiger partial charge in [0, 0.05) is 7.14 Å². The van der Waals surface area contributed by atoms with E-state index in [0.717, 1.165) is 7.14 Å². The monoisotopic (exact) mass is 413 g/mol. The molecule has 0 aliphatic carbocycles. The van der Waals surface area contributed by atoms with Gasteiger partial charge >= 0.3 is 5.97 Å². The smallest absolute Gasteiger partial charge is 0.338 e. The number of rotatable bonds is 1. The summed E-state index contributed by atoms with van der Waals surface area (Å²) >= 11 is 4.08. The Kier molecular flexibility index (Phi) is 4.12. The number of halogens is 2. The van der Waals surface area contributed by atoms with Crippen molar-refractivity contribution < 1.29 is 9.53 Å². The Balaban J connectivity index is 3.33. The van der Waals surface area contributed by atoms with Crippen molar-refractivity contribution in [1.82, 2.24) is 0 Å². The molecule has 0 spiro atoms. The molecule has 1 aromatic rings. The molecule has 0 N–H and O–H groups in total. The maximum absolute atomic E-state index is 11.3. The highest BCUT2D eigenvalue weighted by Gasteiger charge is 2.14. The van der Waals surface area contributed by atoms with E-state index in [1.54, 1.807) is 12.1 Å². The summed E-state index contributed by atoms with van der Waals surface area (Å²) in [5, 5.41) is 8.76. The Hall–Kier alpha value is -0.360. The fourth-order valence-corrected chi connectivity index (χ4v) is 2.18. The molecule has 14 heavy (non-hydrogen) atoms. The first-order valence-corrected chi connectivity index (χ1v) is 5.74. The number of nitriles is 1. The molecule has 0 amide bonds. The zero-order valence-electron chi connectivity index (χ0n) is 7.17. The van der Waals surface area contributed by atoms with Crippen molar-refractivity contribution in [3.05, 3.63) is 30.4 Å². The van der Waals surface area contributed by atoms with Gasteiger partial charge < -0.3 is 4.74 Å². The molecule has 0 heterocycles. The second-order valence-electron chi connectivity index (χ2n) is 2.39. The van der Waals surface area contributed by atoms with Crippen LogP contribution in [-0.2, 0) is 4.74 Å². The molecule has 0 atom stereocenters. The lowest BCUT2D eigenvalue weighted by molar-refractivity contribution is 0.0599. The van der Waals surface area contributed by atoms with Gasteiger partial charge in [-0.3, -0.25) is 0 Å². The van der Waals surface area contributed by atoms with Crippen LogP contribution in [0.25, 0.3) is 0 Å². The normalized spacial score (nSPS) is 9.29. The van der Waals surface area contributed by atoms with Crippen molar-refractivity contribution in [1.29, 1.82) is 5.26 Å². The van der Waals surface area contributed by atoms with Crippen molar-refractivity contribution in [2.24, 2.45) is 0 Å². The van der Waals surface area contributed by atoms with Crippen LogP contribution in [0.4, 0.5) is 0 Å². The second-order valence-corrected chi connectivity index (χ2v) is 4.55. The first-order valence-electron chi connectivity index (χ1n) is 3.58. The Morgan fingerprint density at radius 2 is 2.07 bits per heavy atom. The zero-order chi connectivity index (χ0) is 10.7. The summed E-state index contributed by atoms with van der Waals surface area (Å²) in [6.45, 7) is 0. The quantitative estimate of drug-likeness (QED) is 0.526. The van der Waals surface area contributed by atoms with E-state index in [4.69, 9.17) is 5.26 Å². The number of nitrogens with zero attached hydrogens (tertiary/aromatic N) is 1. The molecule has 1 aromatic carbocycles. The van der Waals surface area contributed by atoms with Crippen molar-refractivity contribution >= 4 is 51.2 Å². The van der Waals surface area contributed by atoms with Crippen LogP contribution in [0.2, 0.25) is 0 Å². The van der Waals surface area contributed by atoms with Gasteiger partial charge in [0.25, 0.3) is 0 Å². The van der Waals surface area contributed by atoms with Crippen LogP contribution < -0.4 is 0 Å². The molecule has 0 aromatic heterocycles. The topological polar surface area (TPSA) is 50.1 Å². The fourth-order valence-electron chi connectivity index (χ4n) is 0.903. The average Bonchev–Trinajstić information content (AvgIpc) is 2.21. The van der Waals surface area contributed by atoms with Gasteiger partial charge in [-0.25, -0.2) is 4.79 Å². The molecule has 0 fully saturated rings. The maximum Gasteiger partial charge on any atom is 0.338 e. The summed E-state index contributed by atoms with van der Waals surface area (Å²) in [5.41, 5.74) is 1.07. The summed E-state index contributed by atoms with van der Waals surface area (Å²) in [6, 6.07) is 5.28. The molecular weight excluding hydrogens is 408 g/mol. The molecular formula is C9H5I2NO2. The molecule has 0 saturated carbocycles. The molecule has 0 aliphatic heterocycles.